The number of piperazine rings is 1. The molecule has 2 rings (SSSR count). The van der Waals surface area contributed by atoms with Crippen LogP contribution in [-0.2, 0) is 14.8 Å². The number of rotatable bonds is 15. The van der Waals surface area contributed by atoms with Crippen molar-refractivity contribution >= 4 is 21.6 Å². The van der Waals surface area contributed by atoms with Crippen LogP contribution >= 0.6 is 0 Å². The van der Waals surface area contributed by atoms with Crippen molar-refractivity contribution < 1.29 is 13.2 Å². The highest BCUT2D eigenvalue weighted by Gasteiger charge is 2.33. The molecule has 2 N–H and O–H groups in total. The second-order valence-corrected chi connectivity index (χ2v) is 10.9. The van der Waals surface area contributed by atoms with Gasteiger partial charge in [-0.05, 0) is 30.7 Å². The van der Waals surface area contributed by atoms with E-state index in [4.69, 9.17) is 0 Å². The summed E-state index contributed by atoms with van der Waals surface area (Å²) in [5, 5.41) is 6.03. The molecule has 1 aliphatic heterocycles. The van der Waals surface area contributed by atoms with E-state index >= 15 is 0 Å². The Morgan fingerprint density at radius 1 is 0.969 bits per heavy atom. The highest BCUT2D eigenvalue weighted by molar-refractivity contribution is 7.89. The number of nitrogens with zero attached hydrogens (tertiary/aromatic N) is 1. The zero-order chi connectivity index (χ0) is 23.2. The minimum absolute atomic E-state index is 0.00216. The predicted molar refractivity (Wildman–Crippen MR) is 132 cm³/mol. The standard InChI is InChI=1S/C25H43N3O3S/c1-3-4-5-6-7-8-9-10-11-12-13-14-24-21-26-19-20-28(24)32(30,31)25-17-15-23(16-18-25)27-22(2)29/h15-18,24,26H,3-14,19-21H2,1-2H3,(H,27,29). The van der Waals surface area contributed by atoms with Gasteiger partial charge in [0.25, 0.3) is 0 Å². The maximum Gasteiger partial charge on any atom is 0.243 e. The number of unbranched alkanes of at least 4 members (excludes halogenated alkanes) is 10. The number of carbonyl (C=O) groups excluding carboxylic acids is 1. The Morgan fingerprint density at radius 3 is 2.09 bits per heavy atom. The van der Waals surface area contributed by atoms with Crippen molar-refractivity contribution in [3.8, 4) is 0 Å². The van der Waals surface area contributed by atoms with Crippen LogP contribution in [0.15, 0.2) is 29.2 Å². The van der Waals surface area contributed by atoms with Gasteiger partial charge >= 0.3 is 0 Å². The Kier molecular flexibility index (Phi) is 12.3. The largest absolute Gasteiger partial charge is 0.326 e. The van der Waals surface area contributed by atoms with Crippen LogP contribution in [0.3, 0.4) is 0 Å². The predicted octanol–water partition coefficient (Wildman–Crippen LogP) is 5.31. The summed E-state index contributed by atoms with van der Waals surface area (Å²) in [5.41, 5.74) is 0.606. The first-order chi connectivity index (χ1) is 15.4. The Bertz CT molecular complexity index is 765. The fourth-order valence-corrected chi connectivity index (χ4v) is 6.05. The van der Waals surface area contributed by atoms with Crippen molar-refractivity contribution in [3.05, 3.63) is 24.3 Å². The zero-order valence-electron chi connectivity index (χ0n) is 20.1. The monoisotopic (exact) mass is 465 g/mol. The molecule has 1 atom stereocenters. The normalized spacial score (nSPS) is 17.4. The van der Waals surface area contributed by atoms with E-state index in [1.165, 1.54) is 71.1 Å². The number of sulfonamides is 1. The van der Waals surface area contributed by atoms with E-state index in [1.807, 2.05) is 0 Å². The summed E-state index contributed by atoms with van der Waals surface area (Å²) in [7, 11) is -3.54. The molecule has 1 aliphatic rings. The van der Waals surface area contributed by atoms with Gasteiger partial charge in [-0.15, -0.1) is 0 Å². The maximum atomic E-state index is 13.2. The molecule has 0 aliphatic carbocycles. The first-order valence-corrected chi connectivity index (χ1v) is 14.0. The first kappa shape index (κ1) is 26.8. The average Bonchev–Trinajstić information content (AvgIpc) is 2.77. The molecule has 1 unspecified atom stereocenters. The molecule has 0 bridgehead atoms. The third-order valence-electron chi connectivity index (χ3n) is 6.22. The number of hydrogen-bond acceptors (Lipinski definition) is 4. The van der Waals surface area contributed by atoms with Crippen LogP contribution in [0, 0.1) is 0 Å². The van der Waals surface area contributed by atoms with Gasteiger partial charge in [0.1, 0.15) is 0 Å². The summed E-state index contributed by atoms with van der Waals surface area (Å²) in [5.74, 6) is -0.172. The van der Waals surface area contributed by atoms with Crippen LogP contribution in [0.4, 0.5) is 5.69 Å². The lowest BCUT2D eigenvalue weighted by Crippen LogP contribution is -2.53. The van der Waals surface area contributed by atoms with Gasteiger partial charge in [0.05, 0.1) is 4.90 Å². The molecule has 1 heterocycles. The second kappa shape index (κ2) is 14.7. The highest BCUT2D eigenvalue weighted by atomic mass is 32.2. The van der Waals surface area contributed by atoms with Crippen molar-refractivity contribution in [3.63, 3.8) is 0 Å². The van der Waals surface area contributed by atoms with Gasteiger partial charge in [-0.25, -0.2) is 8.42 Å². The quantitative estimate of drug-likeness (QED) is 0.344. The maximum absolute atomic E-state index is 13.2. The number of carbonyl (C=O) groups is 1. The number of nitrogens with one attached hydrogen (secondary N) is 2. The van der Waals surface area contributed by atoms with Crippen molar-refractivity contribution in [1.29, 1.82) is 0 Å². The minimum Gasteiger partial charge on any atom is -0.326 e. The van der Waals surface area contributed by atoms with Crippen LogP contribution in [0.2, 0.25) is 0 Å². The van der Waals surface area contributed by atoms with Crippen molar-refractivity contribution in [2.45, 2.75) is 102 Å². The molecule has 7 heteroatoms. The number of amides is 1. The average molecular weight is 466 g/mol. The Hall–Kier alpha value is -1.44. The molecule has 6 nitrogen and oxygen atoms in total. The SMILES string of the molecule is CCCCCCCCCCCCCC1CNCCN1S(=O)(=O)c1ccc(NC(C)=O)cc1. The summed E-state index contributed by atoms with van der Waals surface area (Å²) >= 11 is 0. The zero-order valence-corrected chi connectivity index (χ0v) is 20.9. The fourth-order valence-electron chi connectivity index (χ4n) is 4.40. The van der Waals surface area contributed by atoms with Crippen LogP contribution in [-0.4, -0.2) is 44.3 Å². The Labute approximate surface area is 195 Å². The third kappa shape index (κ3) is 9.20. The number of hydrogen-bond donors (Lipinski definition) is 2. The summed E-state index contributed by atoms with van der Waals surface area (Å²) in [6.45, 7) is 5.58. The molecular weight excluding hydrogens is 422 g/mol. The van der Waals surface area contributed by atoms with Gasteiger partial charge in [-0.1, -0.05) is 77.6 Å². The molecule has 1 fully saturated rings. The lowest BCUT2D eigenvalue weighted by molar-refractivity contribution is -0.114. The molecule has 0 radical (unpaired) electrons. The lowest BCUT2D eigenvalue weighted by Gasteiger charge is -2.35. The van der Waals surface area contributed by atoms with Gasteiger partial charge < -0.3 is 10.6 Å². The van der Waals surface area contributed by atoms with Crippen LogP contribution in [0.5, 0.6) is 0 Å². The van der Waals surface area contributed by atoms with Crippen LogP contribution in [0.1, 0.15) is 90.9 Å². The van der Waals surface area contributed by atoms with E-state index in [0.717, 1.165) is 12.8 Å². The lowest BCUT2D eigenvalue weighted by atomic mass is 10.0. The molecular formula is C25H43N3O3S. The molecule has 0 spiro atoms. The van der Waals surface area contributed by atoms with Gasteiger partial charge in [0.2, 0.25) is 15.9 Å². The van der Waals surface area contributed by atoms with E-state index in [0.29, 0.717) is 25.3 Å². The smallest absolute Gasteiger partial charge is 0.243 e. The third-order valence-corrected chi connectivity index (χ3v) is 8.18. The Morgan fingerprint density at radius 2 is 1.53 bits per heavy atom. The van der Waals surface area contributed by atoms with E-state index in [1.54, 1.807) is 28.6 Å². The summed E-state index contributed by atoms with van der Waals surface area (Å²) in [4.78, 5) is 11.5. The molecule has 0 saturated carbocycles. The molecule has 1 aromatic rings. The number of anilines is 1. The molecule has 182 valence electrons. The fraction of sp³-hybridized carbons (Fsp3) is 0.720. The van der Waals surface area contributed by atoms with Crippen molar-refractivity contribution in [2.75, 3.05) is 25.0 Å². The molecule has 1 amide bonds. The first-order valence-electron chi connectivity index (χ1n) is 12.6. The van der Waals surface area contributed by atoms with E-state index in [-0.39, 0.29) is 16.8 Å². The van der Waals surface area contributed by atoms with Gasteiger partial charge in [-0.2, -0.15) is 4.31 Å². The molecule has 32 heavy (non-hydrogen) atoms. The van der Waals surface area contributed by atoms with Crippen LogP contribution < -0.4 is 10.6 Å². The summed E-state index contributed by atoms with van der Waals surface area (Å²) in [6, 6.07) is 6.47. The topological polar surface area (TPSA) is 78.5 Å². The van der Waals surface area contributed by atoms with Crippen LogP contribution in [0.25, 0.3) is 0 Å². The molecule has 1 saturated heterocycles. The molecule has 1 aromatic carbocycles. The highest BCUT2D eigenvalue weighted by Crippen LogP contribution is 2.24. The van der Waals surface area contributed by atoms with E-state index < -0.39 is 10.0 Å². The summed E-state index contributed by atoms with van der Waals surface area (Å²) < 4.78 is 28.2. The van der Waals surface area contributed by atoms with Gasteiger partial charge in [0, 0.05) is 38.3 Å². The van der Waals surface area contributed by atoms with Crippen molar-refractivity contribution in [1.82, 2.24) is 9.62 Å². The number of benzene rings is 1. The van der Waals surface area contributed by atoms with E-state index in [2.05, 4.69) is 17.6 Å². The van der Waals surface area contributed by atoms with Gasteiger partial charge in [0.15, 0.2) is 0 Å². The van der Waals surface area contributed by atoms with E-state index in [9.17, 15) is 13.2 Å². The second-order valence-electron chi connectivity index (χ2n) is 9.00. The van der Waals surface area contributed by atoms with Gasteiger partial charge in [-0.3, -0.25) is 4.79 Å². The molecule has 0 aromatic heterocycles. The minimum atomic E-state index is -3.54. The Balaban J connectivity index is 1.75. The summed E-state index contributed by atoms with van der Waals surface area (Å²) in [6.07, 6.45) is 15.1. The van der Waals surface area contributed by atoms with Crippen molar-refractivity contribution in [2.24, 2.45) is 0 Å².